The molecule has 2 heterocycles. The number of furan rings is 1. The summed E-state index contributed by atoms with van der Waals surface area (Å²) in [5.74, 6) is 0.594. The Morgan fingerprint density at radius 2 is 2.33 bits per heavy atom. The van der Waals surface area contributed by atoms with E-state index in [1.807, 2.05) is 13.0 Å². The van der Waals surface area contributed by atoms with Crippen LogP contribution in [0.25, 0.3) is 0 Å². The van der Waals surface area contributed by atoms with Gasteiger partial charge in [-0.05, 0) is 41.1 Å². The van der Waals surface area contributed by atoms with E-state index in [1.165, 1.54) is 0 Å². The van der Waals surface area contributed by atoms with Gasteiger partial charge in [-0.15, -0.1) is 0 Å². The van der Waals surface area contributed by atoms with Crippen molar-refractivity contribution >= 4 is 21.6 Å². The van der Waals surface area contributed by atoms with Crippen molar-refractivity contribution in [1.82, 2.24) is 4.98 Å². The van der Waals surface area contributed by atoms with E-state index in [9.17, 15) is 5.11 Å². The van der Waals surface area contributed by atoms with Crippen molar-refractivity contribution < 1.29 is 9.52 Å². The van der Waals surface area contributed by atoms with Crippen LogP contribution in [-0.4, -0.2) is 16.1 Å². The minimum Gasteiger partial charge on any atom is -0.467 e. The highest BCUT2D eigenvalue weighted by Gasteiger charge is 2.14. The third-order valence-corrected chi connectivity index (χ3v) is 3.00. The van der Waals surface area contributed by atoms with Crippen molar-refractivity contribution in [3.05, 3.63) is 47.1 Å². The molecule has 2 aromatic heterocycles. The second-order valence-corrected chi connectivity index (χ2v) is 5.12. The molecule has 0 bridgehead atoms. The van der Waals surface area contributed by atoms with Gasteiger partial charge in [-0.25, -0.2) is 0 Å². The average Bonchev–Trinajstić information content (AvgIpc) is 2.81. The molecule has 0 fully saturated rings. The molecular weight excluding hydrogens is 296 g/mol. The molecule has 4 nitrogen and oxygen atoms in total. The Balaban J connectivity index is 1.91. The Morgan fingerprint density at radius 3 is 3.00 bits per heavy atom. The van der Waals surface area contributed by atoms with Gasteiger partial charge in [-0.3, -0.25) is 4.98 Å². The van der Waals surface area contributed by atoms with Crippen molar-refractivity contribution in [2.45, 2.75) is 25.5 Å². The highest BCUT2D eigenvalue weighted by molar-refractivity contribution is 9.10. The summed E-state index contributed by atoms with van der Waals surface area (Å²) in [6.07, 6.45) is 5.02. The lowest BCUT2D eigenvalue weighted by atomic mass is 10.1. The Bertz CT molecular complexity index is 487. The molecule has 0 saturated heterocycles. The lowest BCUT2D eigenvalue weighted by molar-refractivity contribution is 0.136. The molecule has 0 amide bonds. The Hall–Kier alpha value is -1.33. The maximum Gasteiger partial charge on any atom is 0.132 e. The van der Waals surface area contributed by atoms with Gasteiger partial charge in [-0.1, -0.05) is 0 Å². The van der Waals surface area contributed by atoms with Crippen LogP contribution < -0.4 is 5.32 Å². The van der Waals surface area contributed by atoms with Crippen molar-refractivity contribution in [1.29, 1.82) is 0 Å². The normalized spacial score (nSPS) is 14.2. The van der Waals surface area contributed by atoms with Crippen LogP contribution in [0.2, 0.25) is 0 Å². The lowest BCUT2D eigenvalue weighted by Crippen LogP contribution is -2.18. The monoisotopic (exact) mass is 310 g/mol. The molecule has 2 aromatic rings. The Morgan fingerprint density at radius 1 is 1.50 bits per heavy atom. The summed E-state index contributed by atoms with van der Waals surface area (Å²) in [7, 11) is 0. The number of nitrogens with zero attached hydrogens (tertiary/aromatic N) is 1. The maximum absolute atomic E-state index is 9.95. The standard InChI is InChI=1S/C13H15BrN2O2/c1-9(5-12(17)13-3-2-4-18-13)16-11-6-10(14)7-15-8-11/h2-4,6-9,12,16-17H,5H2,1H3/t9-,12-/m0/s1. The van der Waals surface area contributed by atoms with Crippen molar-refractivity contribution in [3.63, 3.8) is 0 Å². The van der Waals surface area contributed by atoms with Gasteiger partial charge >= 0.3 is 0 Å². The molecule has 0 spiro atoms. The summed E-state index contributed by atoms with van der Waals surface area (Å²) >= 11 is 3.37. The van der Waals surface area contributed by atoms with Crippen LogP contribution in [0.4, 0.5) is 5.69 Å². The first-order valence-corrected chi connectivity index (χ1v) is 6.53. The van der Waals surface area contributed by atoms with E-state index in [0.29, 0.717) is 12.2 Å². The van der Waals surface area contributed by atoms with Gasteiger partial charge in [-0.2, -0.15) is 0 Å². The number of rotatable bonds is 5. The van der Waals surface area contributed by atoms with Crippen LogP contribution in [0.1, 0.15) is 25.2 Å². The van der Waals surface area contributed by atoms with E-state index in [2.05, 4.69) is 26.2 Å². The molecule has 18 heavy (non-hydrogen) atoms. The molecule has 0 aliphatic carbocycles. The lowest BCUT2D eigenvalue weighted by Gasteiger charge is -2.17. The molecular formula is C13H15BrN2O2. The first-order valence-electron chi connectivity index (χ1n) is 5.73. The van der Waals surface area contributed by atoms with Gasteiger partial charge in [0.1, 0.15) is 11.9 Å². The predicted molar refractivity (Wildman–Crippen MR) is 73.3 cm³/mol. The van der Waals surface area contributed by atoms with Crippen LogP contribution >= 0.6 is 15.9 Å². The zero-order valence-corrected chi connectivity index (χ0v) is 11.6. The number of hydrogen-bond acceptors (Lipinski definition) is 4. The quantitative estimate of drug-likeness (QED) is 0.889. The number of hydrogen-bond donors (Lipinski definition) is 2. The topological polar surface area (TPSA) is 58.3 Å². The molecule has 0 aromatic carbocycles. The van der Waals surface area contributed by atoms with E-state index >= 15 is 0 Å². The molecule has 96 valence electrons. The zero-order chi connectivity index (χ0) is 13.0. The number of aliphatic hydroxyl groups excluding tert-OH is 1. The second kappa shape index (κ2) is 6.02. The van der Waals surface area contributed by atoms with Crippen molar-refractivity contribution in [2.24, 2.45) is 0 Å². The molecule has 0 aliphatic rings. The number of pyridine rings is 1. The van der Waals surface area contributed by atoms with E-state index in [4.69, 9.17) is 4.42 Å². The summed E-state index contributed by atoms with van der Waals surface area (Å²) in [4.78, 5) is 4.08. The van der Waals surface area contributed by atoms with E-state index < -0.39 is 6.10 Å². The number of aliphatic hydroxyl groups is 1. The average molecular weight is 311 g/mol. The minimum atomic E-state index is -0.595. The van der Waals surface area contributed by atoms with Crippen molar-refractivity contribution in [2.75, 3.05) is 5.32 Å². The fraction of sp³-hybridized carbons (Fsp3) is 0.308. The summed E-state index contributed by atoms with van der Waals surface area (Å²) in [6, 6.07) is 5.61. The van der Waals surface area contributed by atoms with E-state index in [-0.39, 0.29) is 6.04 Å². The first kappa shape index (κ1) is 13.1. The summed E-state index contributed by atoms with van der Waals surface area (Å²) in [5, 5.41) is 13.2. The minimum absolute atomic E-state index is 0.112. The maximum atomic E-state index is 9.95. The van der Waals surface area contributed by atoms with Gasteiger partial charge in [0.2, 0.25) is 0 Å². The number of halogens is 1. The smallest absolute Gasteiger partial charge is 0.132 e. The number of aromatic nitrogens is 1. The molecule has 2 rings (SSSR count). The summed E-state index contributed by atoms with van der Waals surface area (Å²) in [5.41, 5.74) is 0.920. The number of nitrogens with one attached hydrogen (secondary N) is 1. The van der Waals surface area contributed by atoms with Crippen LogP contribution in [0.5, 0.6) is 0 Å². The largest absolute Gasteiger partial charge is 0.467 e. The fourth-order valence-corrected chi connectivity index (χ4v) is 2.13. The zero-order valence-electron chi connectivity index (χ0n) is 10.0. The van der Waals surface area contributed by atoms with Gasteiger partial charge in [0.05, 0.1) is 18.1 Å². The Kier molecular flexibility index (Phi) is 4.38. The van der Waals surface area contributed by atoms with E-state index in [1.54, 1.807) is 30.8 Å². The van der Waals surface area contributed by atoms with E-state index in [0.717, 1.165) is 10.2 Å². The highest BCUT2D eigenvalue weighted by Crippen LogP contribution is 2.21. The van der Waals surface area contributed by atoms with Crippen LogP contribution in [0, 0.1) is 0 Å². The highest BCUT2D eigenvalue weighted by atomic mass is 79.9. The first-order chi connectivity index (χ1) is 8.65. The van der Waals surface area contributed by atoms with Crippen LogP contribution in [-0.2, 0) is 0 Å². The second-order valence-electron chi connectivity index (χ2n) is 4.20. The molecule has 0 saturated carbocycles. The summed E-state index contributed by atoms with van der Waals surface area (Å²) in [6.45, 7) is 2.01. The molecule has 2 N–H and O–H groups in total. The van der Waals surface area contributed by atoms with Gasteiger partial charge in [0.25, 0.3) is 0 Å². The molecule has 5 heteroatoms. The molecule has 0 aliphatic heterocycles. The molecule has 2 atom stereocenters. The van der Waals surface area contributed by atoms with Gasteiger partial charge in [0.15, 0.2) is 0 Å². The van der Waals surface area contributed by atoms with Gasteiger partial charge < -0.3 is 14.8 Å². The predicted octanol–water partition coefficient (Wildman–Crippen LogP) is 3.36. The van der Waals surface area contributed by atoms with Crippen LogP contribution in [0.15, 0.2) is 45.7 Å². The molecule has 0 radical (unpaired) electrons. The number of anilines is 1. The SMILES string of the molecule is C[C@@H](C[C@H](O)c1ccco1)Nc1cncc(Br)c1. The summed E-state index contributed by atoms with van der Waals surface area (Å²) < 4.78 is 6.09. The van der Waals surface area contributed by atoms with Crippen molar-refractivity contribution in [3.8, 4) is 0 Å². The van der Waals surface area contributed by atoms with Gasteiger partial charge in [0, 0.05) is 23.1 Å². The molecule has 0 unspecified atom stereocenters. The fourth-order valence-electron chi connectivity index (χ4n) is 1.77. The third kappa shape index (κ3) is 3.58. The third-order valence-electron chi connectivity index (χ3n) is 2.57. The Labute approximate surface area is 114 Å². The van der Waals surface area contributed by atoms with Crippen LogP contribution in [0.3, 0.4) is 0 Å².